The van der Waals surface area contributed by atoms with Gasteiger partial charge in [0.25, 0.3) is 5.91 Å². The Bertz CT molecular complexity index is 1830. The fourth-order valence-corrected chi connectivity index (χ4v) is 6.09. The molecule has 3 unspecified atom stereocenters. The second-order valence-corrected chi connectivity index (χ2v) is 11.8. The molecule has 262 valence electrons. The van der Waals surface area contributed by atoms with E-state index < -0.39 is 64.8 Å². The molecule has 3 amide bonds. The molecular weight excluding hydrogens is 664 g/mol. The number of nitrogens with one attached hydrogen (secondary N) is 2. The van der Waals surface area contributed by atoms with Crippen LogP contribution in [0.25, 0.3) is 0 Å². The highest BCUT2D eigenvalue weighted by Crippen LogP contribution is 2.46. The Morgan fingerprint density at radius 1 is 0.800 bits per heavy atom. The molecule has 0 saturated carbocycles. The van der Waals surface area contributed by atoms with Crippen LogP contribution in [0.1, 0.15) is 62.6 Å². The number of methoxy groups -OCH3 is 1. The Labute approximate surface area is 284 Å². The Hall–Kier alpha value is -5.33. The molecular formula is C37H33F6N3O4. The predicted octanol–water partition coefficient (Wildman–Crippen LogP) is 7.08. The number of amides is 3. The van der Waals surface area contributed by atoms with E-state index in [1.807, 2.05) is 6.07 Å². The van der Waals surface area contributed by atoms with E-state index in [-0.39, 0.29) is 30.3 Å². The number of carbonyl (C=O) groups is 3. The van der Waals surface area contributed by atoms with Crippen molar-refractivity contribution in [1.29, 1.82) is 0 Å². The van der Waals surface area contributed by atoms with Crippen LogP contribution in [0.4, 0.5) is 26.3 Å². The minimum atomic E-state index is -5.20. The molecule has 5 rings (SSSR count). The van der Waals surface area contributed by atoms with Gasteiger partial charge in [-0.2, -0.15) is 26.3 Å². The zero-order valence-corrected chi connectivity index (χ0v) is 26.9. The minimum Gasteiger partial charge on any atom is -0.497 e. The van der Waals surface area contributed by atoms with Crippen molar-refractivity contribution in [3.8, 4) is 5.75 Å². The molecule has 0 fully saturated rings. The lowest BCUT2D eigenvalue weighted by atomic mass is 9.77. The van der Waals surface area contributed by atoms with E-state index in [1.54, 1.807) is 48.5 Å². The number of fused-ring (bicyclic) bond motifs is 1. The molecule has 4 aromatic rings. The van der Waals surface area contributed by atoms with Crippen LogP contribution < -0.4 is 15.4 Å². The summed E-state index contributed by atoms with van der Waals surface area (Å²) in [6.45, 7) is 1.38. The largest absolute Gasteiger partial charge is 0.497 e. The minimum absolute atomic E-state index is 0.0114. The molecule has 13 heteroatoms. The van der Waals surface area contributed by atoms with Crippen molar-refractivity contribution >= 4 is 17.7 Å². The van der Waals surface area contributed by atoms with E-state index in [9.17, 15) is 40.7 Å². The first-order chi connectivity index (χ1) is 23.7. The first-order valence-electron chi connectivity index (χ1n) is 15.6. The summed E-state index contributed by atoms with van der Waals surface area (Å²) in [5.41, 5.74) is -2.26. The molecule has 0 saturated heterocycles. The standard InChI is InChI=1S/C37H33F6N3O4/c1-22(33(47)44-16-15-23-11-8-12-28(17-23)50-2)46-32(25-18-26(36(38,39)40)20-27(19-25)37(41,42)43)31(29-13-6-7-14-30(29)35(46)49)34(48)45-21-24-9-4-3-5-10-24/h3-14,17-20,22,31-32H,15-16,21H2,1-2H3,(H,44,47)(H,45,48). The molecule has 1 aliphatic rings. The number of hydrogen-bond donors (Lipinski definition) is 2. The third kappa shape index (κ3) is 7.93. The Morgan fingerprint density at radius 3 is 2.06 bits per heavy atom. The van der Waals surface area contributed by atoms with Gasteiger partial charge in [-0.1, -0.05) is 60.7 Å². The van der Waals surface area contributed by atoms with E-state index in [0.717, 1.165) is 10.5 Å². The molecule has 3 atom stereocenters. The Kier molecular flexibility index (Phi) is 10.5. The maximum absolute atomic E-state index is 14.2. The van der Waals surface area contributed by atoms with Gasteiger partial charge in [0.2, 0.25) is 11.8 Å². The summed E-state index contributed by atoms with van der Waals surface area (Å²) >= 11 is 0. The molecule has 0 aliphatic carbocycles. The van der Waals surface area contributed by atoms with Crippen LogP contribution in [-0.2, 0) is 34.9 Å². The molecule has 1 heterocycles. The molecule has 1 aliphatic heterocycles. The zero-order chi connectivity index (χ0) is 36.2. The highest BCUT2D eigenvalue weighted by molar-refractivity contribution is 6.03. The Morgan fingerprint density at radius 2 is 1.42 bits per heavy atom. The van der Waals surface area contributed by atoms with Crippen LogP contribution in [0.5, 0.6) is 5.75 Å². The molecule has 0 bridgehead atoms. The van der Waals surface area contributed by atoms with Crippen LogP contribution in [0.3, 0.4) is 0 Å². The van der Waals surface area contributed by atoms with Crippen LogP contribution in [0.15, 0.2) is 97.1 Å². The van der Waals surface area contributed by atoms with E-state index in [2.05, 4.69) is 10.6 Å². The second kappa shape index (κ2) is 14.7. The summed E-state index contributed by atoms with van der Waals surface area (Å²) < 4.78 is 89.8. The fraction of sp³-hybridized carbons (Fsp3) is 0.270. The van der Waals surface area contributed by atoms with Gasteiger partial charge in [-0.15, -0.1) is 0 Å². The average Bonchev–Trinajstić information content (AvgIpc) is 3.09. The maximum atomic E-state index is 14.2. The smallest absolute Gasteiger partial charge is 0.416 e. The lowest BCUT2D eigenvalue weighted by Crippen LogP contribution is -2.55. The van der Waals surface area contributed by atoms with Crippen molar-refractivity contribution in [3.63, 3.8) is 0 Å². The highest BCUT2D eigenvalue weighted by Gasteiger charge is 2.48. The van der Waals surface area contributed by atoms with Gasteiger partial charge >= 0.3 is 12.4 Å². The summed E-state index contributed by atoms with van der Waals surface area (Å²) in [4.78, 5) is 42.8. The van der Waals surface area contributed by atoms with Gasteiger partial charge in [0, 0.05) is 18.7 Å². The number of halogens is 6. The lowest BCUT2D eigenvalue weighted by molar-refractivity contribution is -0.143. The Balaban J connectivity index is 1.59. The maximum Gasteiger partial charge on any atom is 0.416 e. The molecule has 2 N–H and O–H groups in total. The number of alkyl halides is 6. The number of rotatable bonds is 10. The molecule has 7 nitrogen and oxygen atoms in total. The zero-order valence-electron chi connectivity index (χ0n) is 26.9. The van der Waals surface area contributed by atoms with Crippen molar-refractivity contribution in [2.75, 3.05) is 13.7 Å². The van der Waals surface area contributed by atoms with Gasteiger partial charge in [0.1, 0.15) is 11.8 Å². The lowest BCUT2D eigenvalue weighted by Gasteiger charge is -2.44. The van der Waals surface area contributed by atoms with Crippen molar-refractivity contribution in [1.82, 2.24) is 15.5 Å². The van der Waals surface area contributed by atoms with Crippen LogP contribution >= 0.6 is 0 Å². The third-order valence-corrected chi connectivity index (χ3v) is 8.56. The van der Waals surface area contributed by atoms with Gasteiger partial charge in [-0.25, -0.2) is 0 Å². The highest BCUT2D eigenvalue weighted by atomic mass is 19.4. The van der Waals surface area contributed by atoms with Crippen LogP contribution in [0.2, 0.25) is 0 Å². The number of carbonyl (C=O) groups excluding carboxylic acids is 3. The van der Waals surface area contributed by atoms with Gasteiger partial charge in [-0.05, 0) is 72.0 Å². The molecule has 0 radical (unpaired) electrons. The van der Waals surface area contributed by atoms with E-state index in [4.69, 9.17) is 4.74 Å². The summed E-state index contributed by atoms with van der Waals surface area (Å²) in [6.07, 6.45) is -10.1. The summed E-state index contributed by atoms with van der Waals surface area (Å²) in [5.74, 6) is -3.22. The van der Waals surface area contributed by atoms with Gasteiger partial charge in [-0.3, -0.25) is 14.4 Å². The van der Waals surface area contributed by atoms with E-state index >= 15 is 0 Å². The van der Waals surface area contributed by atoms with Crippen molar-refractivity contribution < 1.29 is 45.5 Å². The number of nitrogens with zero attached hydrogens (tertiary/aromatic N) is 1. The quantitative estimate of drug-likeness (QED) is 0.174. The fourth-order valence-electron chi connectivity index (χ4n) is 6.09. The average molecular weight is 698 g/mol. The van der Waals surface area contributed by atoms with Crippen LogP contribution in [0, 0.1) is 0 Å². The normalized spacial score (nSPS) is 16.7. The SMILES string of the molecule is COc1cccc(CCNC(=O)C(C)N2C(=O)c3ccccc3C(C(=O)NCc3ccccc3)C2c2cc(C(F)(F)F)cc(C(F)(F)F)c2)c1. The monoisotopic (exact) mass is 697 g/mol. The van der Waals surface area contributed by atoms with Gasteiger partial charge in [0.15, 0.2) is 0 Å². The van der Waals surface area contributed by atoms with E-state index in [1.165, 1.54) is 38.3 Å². The second-order valence-electron chi connectivity index (χ2n) is 11.8. The first-order valence-corrected chi connectivity index (χ1v) is 15.6. The number of ether oxygens (including phenoxy) is 1. The number of hydrogen-bond acceptors (Lipinski definition) is 4. The summed E-state index contributed by atoms with van der Waals surface area (Å²) in [7, 11) is 1.50. The van der Waals surface area contributed by atoms with Crippen molar-refractivity contribution in [3.05, 3.63) is 136 Å². The summed E-state index contributed by atoms with van der Waals surface area (Å²) in [6, 6.07) is 19.4. The topological polar surface area (TPSA) is 87.7 Å². The van der Waals surface area contributed by atoms with E-state index in [0.29, 0.717) is 29.9 Å². The van der Waals surface area contributed by atoms with Gasteiger partial charge < -0.3 is 20.3 Å². The first kappa shape index (κ1) is 36.0. The molecule has 4 aromatic carbocycles. The molecule has 50 heavy (non-hydrogen) atoms. The predicted molar refractivity (Wildman–Crippen MR) is 172 cm³/mol. The van der Waals surface area contributed by atoms with Crippen LogP contribution in [-0.4, -0.2) is 42.3 Å². The van der Waals surface area contributed by atoms with Crippen molar-refractivity contribution in [2.24, 2.45) is 0 Å². The summed E-state index contributed by atoms with van der Waals surface area (Å²) in [5, 5.41) is 5.44. The molecule has 0 aromatic heterocycles. The number of benzene rings is 4. The molecule has 0 spiro atoms. The van der Waals surface area contributed by atoms with Gasteiger partial charge in [0.05, 0.1) is 30.2 Å². The third-order valence-electron chi connectivity index (χ3n) is 8.56. The van der Waals surface area contributed by atoms with Crippen molar-refractivity contribution in [2.45, 2.75) is 50.2 Å².